The quantitative estimate of drug-likeness (QED) is 0.853. The van der Waals surface area contributed by atoms with Crippen LogP contribution in [0.5, 0.6) is 11.5 Å². The Morgan fingerprint density at radius 1 is 1.28 bits per heavy atom. The highest BCUT2D eigenvalue weighted by molar-refractivity contribution is 5.97. The first kappa shape index (κ1) is 17.4. The molecule has 136 valence electrons. The highest BCUT2D eigenvalue weighted by Gasteiger charge is 2.32. The molecule has 2 heterocycles. The minimum atomic E-state index is -0.220. The number of carbonyl (C=O) groups is 2. The fraction of sp³-hybridized carbons (Fsp3) is 0.556. The van der Waals surface area contributed by atoms with E-state index in [9.17, 15) is 9.59 Å². The van der Waals surface area contributed by atoms with Gasteiger partial charge in [-0.15, -0.1) is 0 Å². The highest BCUT2D eigenvalue weighted by atomic mass is 16.6. The maximum absolute atomic E-state index is 12.3. The van der Waals surface area contributed by atoms with Crippen molar-refractivity contribution in [3.8, 4) is 11.5 Å². The van der Waals surface area contributed by atoms with Crippen LogP contribution >= 0.6 is 0 Å². The van der Waals surface area contributed by atoms with E-state index in [2.05, 4.69) is 24.5 Å². The summed E-state index contributed by atoms with van der Waals surface area (Å²) in [5.74, 6) is 1.88. The normalized spacial score (nSPS) is 19.2. The maximum atomic E-state index is 12.3. The van der Waals surface area contributed by atoms with E-state index < -0.39 is 0 Å². The predicted molar refractivity (Wildman–Crippen MR) is 94.2 cm³/mol. The Hall–Kier alpha value is -2.44. The van der Waals surface area contributed by atoms with E-state index in [0.29, 0.717) is 50.1 Å². The Bertz CT molecular complexity index is 647. The second-order valence-corrected chi connectivity index (χ2v) is 6.82. The molecule has 1 atom stereocenters. The van der Waals surface area contributed by atoms with Crippen molar-refractivity contribution in [3.05, 3.63) is 18.2 Å². The first-order valence-electron chi connectivity index (χ1n) is 8.77. The van der Waals surface area contributed by atoms with Crippen LogP contribution in [0.4, 0.5) is 10.5 Å². The highest BCUT2D eigenvalue weighted by Crippen LogP contribution is 2.35. The zero-order valence-corrected chi connectivity index (χ0v) is 14.7. The molecule has 1 saturated heterocycles. The van der Waals surface area contributed by atoms with Gasteiger partial charge in [-0.1, -0.05) is 13.8 Å². The predicted octanol–water partition coefficient (Wildman–Crippen LogP) is 1.91. The first-order valence-corrected chi connectivity index (χ1v) is 8.77. The molecule has 2 aliphatic heterocycles. The summed E-state index contributed by atoms with van der Waals surface area (Å²) in [5.41, 5.74) is 0.763. The molecule has 7 heteroatoms. The van der Waals surface area contributed by atoms with E-state index in [0.717, 1.165) is 12.1 Å². The van der Waals surface area contributed by atoms with Crippen molar-refractivity contribution in [2.75, 3.05) is 31.2 Å². The molecule has 3 amide bonds. The third kappa shape index (κ3) is 4.35. The summed E-state index contributed by atoms with van der Waals surface area (Å²) in [7, 11) is 0. The van der Waals surface area contributed by atoms with E-state index in [1.807, 2.05) is 18.2 Å². The smallest absolute Gasteiger partial charge is 0.315 e. The molecule has 1 unspecified atom stereocenters. The lowest BCUT2D eigenvalue weighted by atomic mass is 10.1. The zero-order chi connectivity index (χ0) is 17.8. The molecule has 0 aliphatic carbocycles. The lowest BCUT2D eigenvalue weighted by Crippen LogP contribution is -2.43. The lowest BCUT2D eigenvalue weighted by Gasteiger charge is -2.22. The van der Waals surface area contributed by atoms with Gasteiger partial charge in [0, 0.05) is 31.3 Å². The third-order valence-corrected chi connectivity index (χ3v) is 4.30. The van der Waals surface area contributed by atoms with Crippen LogP contribution in [-0.4, -0.2) is 44.3 Å². The van der Waals surface area contributed by atoms with Crippen molar-refractivity contribution < 1.29 is 19.1 Å². The van der Waals surface area contributed by atoms with Gasteiger partial charge >= 0.3 is 6.03 Å². The Kier molecular flexibility index (Phi) is 5.31. The largest absolute Gasteiger partial charge is 0.486 e. The molecule has 0 radical (unpaired) electrons. The van der Waals surface area contributed by atoms with E-state index >= 15 is 0 Å². The number of hydrogen-bond donors (Lipinski definition) is 2. The minimum Gasteiger partial charge on any atom is -0.486 e. The summed E-state index contributed by atoms with van der Waals surface area (Å²) < 4.78 is 11.1. The van der Waals surface area contributed by atoms with Gasteiger partial charge in [0.15, 0.2) is 11.5 Å². The van der Waals surface area contributed by atoms with Crippen molar-refractivity contribution in [3.63, 3.8) is 0 Å². The number of ether oxygens (including phenoxy) is 2. The lowest BCUT2D eigenvalue weighted by molar-refractivity contribution is -0.117. The summed E-state index contributed by atoms with van der Waals surface area (Å²) in [4.78, 5) is 25.9. The fourth-order valence-corrected chi connectivity index (χ4v) is 2.96. The van der Waals surface area contributed by atoms with Crippen LogP contribution < -0.4 is 25.0 Å². The van der Waals surface area contributed by atoms with Crippen molar-refractivity contribution >= 4 is 17.6 Å². The van der Waals surface area contributed by atoms with E-state index in [-0.39, 0.29) is 18.0 Å². The third-order valence-electron chi connectivity index (χ3n) is 4.30. The fourth-order valence-electron chi connectivity index (χ4n) is 2.96. The average Bonchev–Trinajstić information content (AvgIpc) is 2.94. The zero-order valence-electron chi connectivity index (χ0n) is 14.7. The summed E-state index contributed by atoms with van der Waals surface area (Å²) in [6.45, 7) is 6.35. The molecule has 0 saturated carbocycles. The van der Waals surface area contributed by atoms with Gasteiger partial charge in [0.1, 0.15) is 13.2 Å². The molecule has 0 aromatic heterocycles. The summed E-state index contributed by atoms with van der Waals surface area (Å²) in [6.07, 6.45) is 1.23. The molecule has 0 spiro atoms. The molecule has 1 aromatic rings. The van der Waals surface area contributed by atoms with Crippen LogP contribution in [0.25, 0.3) is 0 Å². The second-order valence-electron chi connectivity index (χ2n) is 6.82. The van der Waals surface area contributed by atoms with E-state index in [4.69, 9.17) is 9.47 Å². The van der Waals surface area contributed by atoms with E-state index in [1.54, 1.807) is 4.90 Å². The van der Waals surface area contributed by atoms with Crippen LogP contribution in [0.1, 0.15) is 26.7 Å². The van der Waals surface area contributed by atoms with Gasteiger partial charge in [0.05, 0.1) is 6.04 Å². The van der Waals surface area contributed by atoms with Crippen LogP contribution in [0.3, 0.4) is 0 Å². The van der Waals surface area contributed by atoms with Crippen LogP contribution in [0, 0.1) is 5.92 Å². The van der Waals surface area contributed by atoms with Crippen LogP contribution in [-0.2, 0) is 4.79 Å². The van der Waals surface area contributed by atoms with E-state index in [1.165, 1.54) is 0 Å². The van der Waals surface area contributed by atoms with Gasteiger partial charge in [-0.2, -0.15) is 0 Å². The van der Waals surface area contributed by atoms with Gasteiger partial charge in [-0.25, -0.2) is 4.79 Å². The molecule has 1 aromatic carbocycles. The monoisotopic (exact) mass is 347 g/mol. The van der Waals surface area contributed by atoms with Crippen molar-refractivity contribution in [1.82, 2.24) is 10.6 Å². The average molecular weight is 347 g/mol. The number of urea groups is 1. The van der Waals surface area contributed by atoms with Crippen LogP contribution in [0.2, 0.25) is 0 Å². The standard InChI is InChI=1S/C18H25N3O4/c1-12(2)5-6-19-18(23)20-13-9-17(22)21(11-13)14-3-4-15-16(10-14)25-8-7-24-15/h3-4,10,12-13H,5-9,11H2,1-2H3,(H2,19,20,23). The number of hydrogen-bond acceptors (Lipinski definition) is 4. The van der Waals surface area contributed by atoms with Gasteiger partial charge in [0.25, 0.3) is 0 Å². The molecule has 7 nitrogen and oxygen atoms in total. The number of anilines is 1. The Labute approximate surface area is 147 Å². The van der Waals surface area contributed by atoms with Gasteiger partial charge < -0.3 is 25.0 Å². The summed E-state index contributed by atoms with van der Waals surface area (Å²) >= 11 is 0. The molecular weight excluding hydrogens is 322 g/mol. The maximum Gasteiger partial charge on any atom is 0.315 e. The topological polar surface area (TPSA) is 79.9 Å². The number of nitrogens with one attached hydrogen (secondary N) is 2. The first-order chi connectivity index (χ1) is 12.0. The van der Waals surface area contributed by atoms with Gasteiger partial charge in [-0.3, -0.25) is 4.79 Å². The molecule has 3 rings (SSSR count). The van der Waals surface area contributed by atoms with Crippen molar-refractivity contribution in [2.24, 2.45) is 5.92 Å². The minimum absolute atomic E-state index is 0.0100. The number of nitrogens with zero attached hydrogens (tertiary/aromatic N) is 1. The Morgan fingerprint density at radius 3 is 2.80 bits per heavy atom. The van der Waals surface area contributed by atoms with Crippen molar-refractivity contribution in [2.45, 2.75) is 32.7 Å². The Balaban J connectivity index is 1.56. The van der Waals surface area contributed by atoms with Crippen LogP contribution in [0.15, 0.2) is 18.2 Å². The molecule has 0 bridgehead atoms. The molecule has 25 heavy (non-hydrogen) atoms. The number of amides is 3. The SMILES string of the molecule is CC(C)CCNC(=O)NC1CC(=O)N(c2ccc3c(c2)OCCO3)C1. The van der Waals surface area contributed by atoms with Gasteiger partial charge in [0.2, 0.25) is 5.91 Å². The Morgan fingerprint density at radius 2 is 2.04 bits per heavy atom. The molecule has 1 fully saturated rings. The number of benzene rings is 1. The van der Waals surface area contributed by atoms with Gasteiger partial charge in [-0.05, 0) is 24.5 Å². The second kappa shape index (κ2) is 7.63. The number of rotatable bonds is 5. The molecular formula is C18H25N3O4. The number of fused-ring (bicyclic) bond motifs is 1. The molecule has 2 aliphatic rings. The van der Waals surface area contributed by atoms with Crippen molar-refractivity contribution in [1.29, 1.82) is 0 Å². The summed E-state index contributed by atoms with van der Waals surface area (Å²) in [6, 6.07) is 5.06. The number of carbonyl (C=O) groups excluding carboxylic acids is 2. The summed E-state index contributed by atoms with van der Waals surface area (Å²) in [5, 5.41) is 5.71. The molecule has 2 N–H and O–H groups in total.